The number of benzene rings is 1. The van der Waals surface area contributed by atoms with Crippen LogP contribution in [-0.4, -0.2) is 27.5 Å². The summed E-state index contributed by atoms with van der Waals surface area (Å²) in [4.78, 5) is 0.386. The van der Waals surface area contributed by atoms with Gasteiger partial charge in [0.25, 0.3) is 0 Å². The number of sulfonamides is 1. The van der Waals surface area contributed by atoms with Crippen LogP contribution in [0.1, 0.15) is 26.3 Å². The largest absolute Gasteiger partial charge is 0.314 e. The van der Waals surface area contributed by atoms with Gasteiger partial charge in [-0.05, 0) is 31.5 Å². The molecular formula is C13H22N2O2S. The number of nitrogens with one attached hydrogen (secondary N) is 2. The van der Waals surface area contributed by atoms with Crippen molar-refractivity contribution in [3.8, 4) is 0 Å². The van der Waals surface area contributed by atoms with E-state index in [2.05, 4.69) is 17.0 Å². The highest BCUT2D eigenvalue weighted by Gasteiger charge is 2.17. The maximum atomic E-state index is 12.1. The number of hydrogen-bond donors (Lipinski definition) is 2. The number of hydrogen-bond acceptors (Lipinski definition) is 3. The predicted molar refractivity (Wildman–Crippen MR) is 74.1 cm³/mol. The molecule has 0 radical (unpaired) electrons. The Morgan fingerprint density at radius 3 is 2.44 bits per heavy atom. The third-order valence-electron chi connectivity index (χ3n) is 2.68. The molecule has 1 atom stereocenters. The molecule has 0 saturated heterocycles. The minimum absolute atomic E-state index is 0.257. The molecule has 0 aliphatic heterocycles. The van der Waals surface area contributed by atoms with E-state index in [9.17, 15) is 8.42 Å². The van der Waals surface area contributed by atoms with E-state index in [0.717, 1.165) is 12.1 Å². The van der Waals surface area contributed by atoms with Crippen molar-refractivity contribution in [3.63, 3.8) is 0 Å². The van der Waals surface area contributed by atoms with Crippen molar-refractivity contribution >= 4 is 10.0 Å². The van der Waals surface area contributed by atoms with Gasteiger partial charge in [0.1, 0.15) is 0 Å². The van der Waals surface area contributed by atoms with Crippen LogP contribution >= 0.6 is 0 Å². The summed E-state index contributed by atoms with van der Waals surface area (Å²) in [7, 11) is -3.38. The maximum absolute atomic E-state index is 12.1. The van der Waals surface area contributed by atoms with Gasteiger partial charge in [-0.15, -0.1) is 0 Å². The zero-order valence-corrected chi connectivity index (χ0v) is 12.0. The molecule has 0 aliphatic carbocycles. The summed E-state index contributed by atoms with van der Waals surface area (Å²) < 4.78 is 26.7. The van der Waals surface area contributed by atoms with Crippen LogP contribution < -0.4 is 10.0 Å². The van der Waals surface area contributed by atoms with E-state index in [1.54, 1.807) is 19.1 Å². The van der Waals surface area contributed by atoms with Crippen molar-refractivity contribution in [2.45, 2.75) is 38.1 Å². The van der Waals surface area contributed by atoms with Gasteiger partial charge in [0, 0.05) is 12.6 Å². The van der Waals surface area contributed by atoms with E-state index in [0.29, 0.717) is 17.9 Å². The Labute approximate surface area is 110 Å². The fraction of sp³-hybridized carbons (Fsp3) is 0.538. The van der Waals surface area contributed by atoms with Crippen LogP contribution in [-0.2, 0) is 16.4 Å². The lowest BCUT2D eigenvalue weighted by Gasteiger charge is -2.15. The Balaban J connectivity index is 3.00. The molecule has 0 heterocycles. The lowest BCUT2D eigenvalue weighted by molar-refractivity contribution is 0.556. The van der Waals surface area contributed by atoms with Gasteiger partial charge in [0.15, 0.2) is 0 Å². The van der Waals surface area contributed by atoms with Gasteiger partial charge in [-0.3, -0.25) is 0 Å². The topological polar surface area (TPSA) is 58.2 Å². The van der Waals surface area contributed by atoms with Crippen LogP contribution in [0.5, 0.6) is 0 Å². The molecule has 0 fully saturated rings. The minimum Gasteiger partial charge on any atom is -0.314 e. The standard InChI is InChI=1S/C13H22N2O2S/c1-4-14-11(3)10-12-8-6-7-9-13(12)18(16,17)15-5-2/h6-9,11,14-15H,4-5,10H2,1-3H3. The third kappa shape index (κ3) is 4.08. The molecule has 18 heavy (non-hydrogen) atoms. The van der Waals surface area contributed by atoms with Gasteiger partial charge >= 0.3 is 0 Å². The quantitative estimate of drug-likeness (QED) is 0.790. The summed E-state index contributed by atoms with van der Waals surface area (Å²) in [5.41, 5.74) is 0.854. The normalized spacial score (nSPS) is 13.5. The molecule has 2 N–H and O–H groups in total. The molecule has 1 aromatic rings. The van der Waals surface area contributed by atoms with Crippen molar-refractivity contribution in [3.05, 3.63) is 29.8 Å². The van der Waals surface area contributed by atoms with Gasteiger partial charge in [0.05, 0.1) is 4.90 Å². The molecule has 0 aromatic heterocycles. The fourth-order valence-electron chi connectivity index (χ4n) is 1.95. The first-order valence-electron chi connectivity index (χ1n) is 6.32. The monoisotopic (exact) mass is 270 g/mol. The first-order valence-corrected chi connectivity index (χ1v) is 7.80. The molecule has 0 spiro atoms. The lowest BCUT2D eigenvalue weighted by Crippen LogP contribution is -2.29. The fourth-order valence-corrected chi connectivity index (χ4v) is 3.24. The Morgan fingerprint density at radius 1 is 1.17 bits per heavy atom. The van der Waals surface area contributed by atoms with Crippen molar-refractivity contribution in [1.29, 1.82) is 0 Å². The van der Waals surface area contributed by atoms with Crippen LogP contribution in [0.3, 0.4) is 0 Å². The minimum atomic E-state index is -3.38. The second-order valence-electron chi connectivity index (χ2n) is 4.27. The Kier molecular flexibility index (Phi) is 5.78. The van der Waals surface area contributed by atoms with Crippen LogP contribution in [0, 0.1) is 0 Å². The summed E-state index contributed by atoms with van der Waals surface area (Å²) in [6, 6.07) is 7.42. The summed E-state index contributed by atoms with van der Waals surface area (Å²) >= 11 is 0. The molecule has 1 rings (SSSR count). The molecule has 0 bridgehead atoms. The average molecular weight is 270 g/mol. The molecule has 0 aliphatic rings. The smallest absolute Gasteiger partial charge is 0.240 e. The molecule has 1 unspecified atom stereocenters. The summed E-state index contributed by atoms with van der Waals surface area (Å²) in [5, 5.41) is 3.29. The molecule has 0 amide bonds. The zero-order valence-electron chi connectivity index (χ0n) is 11.2. The number of likely N-dealkylation sites (N-methyl/N-ethyl adjacent to an activating group) is 1. The number of rotatable bonds is 7. The van der Waals surface area contributed by atoms with Crippen molar-refractivity contribution in [2.75, 3.05) is 13.1 Å². The summed E-state index contributed by atoms with van der Waals surface area (Å²) in [6.07, 6.45) is 0.703. The van der Waals surface area contributed by atoms with E-state index in [-0.39, 0.29) is 6.04 Å². The Morgan fingerprint density at radius 2 is 1.83 bits per heavy atom. The highest BCUT2D eigenvalue weighted by atomic mass is 32.2. The second kappa shape index (κ2) is 6.87. The van der Waals surface area contributed by atoms with E-state index < -0.39 is 10.0 Å². The van der Waals surface area contributed by atoms with Crippen molar-refractivity contribution < 1.29 is 8.42 Å². The first kappa shape index (κ1) is 15.1. The van der Waals surface area contributed by atoms with Gasteiger partial charge in [-0.25, -0.2) is 13.1 Å². The van der Waals surface area contributed by atoms with Gasteiger partial charge < -0.3 is 5.32 Å². The van der Waals surface area contributed by atoms with Crippen LogP contribution in [0.2, 0.25) is 0 Å². The van der Waals surface area contributed by atoms with E-state index in [1.165, 1.54) is 0 Å². The van der Waals surface area contributed by atoms with E-state index in [4.69, 9.17) is 0 Å². The van der Waals surface area contributed by atoms with Crippen molar-refractivity contribution in [1.82, 2.24) is 10.0 Å². The zero-order chi connectivity index (χ0) is 13.6. The molecular weight excluding hydrogens is 248 g/mol. The van der Waals surface area contributed by atoms with Crippen LogP contribution in [0.4, 0.5) is 0 Å². The highest BCUT2D eigenvalue weighted by molar-refractivity contribution is 7.89. The molecule has 4 nitrogen and oxygen atoms in total. The first-order chi connectivity index (χ1) is 8.51. The van der Waals surface area contributed by atoms with Gasteiger partial charge in [-0.1, -0.05) is 32.0 Å². The summed E-state index contributed by atoms with van der Waals surface area (Å²) in [5.74, 6) is 0. The van der Waals surface area contributed by atoms with Crippen LogP contribution in [0.15, 0.2) is 29.2 Å². The Hall–Kier alpha value is -0.910. The molecule has 102 valence electrons. The predicted octanol–water partition coefficient (Wildman–Crippen LogP) is 1.53. The van der Waals surface area contributed by atoms with Gasteiger partial charge in [0.2, 0.25) is 10.0 Å². The van der Waals surface area contributed by atoms with E-state index >= 15 is 0 Å². The molecule has 0 saturated carbocycles. The second-order valence-corrected chi connectivity index (χ2v) is 6.01. The van der Waals surface area contributed by atoms with Gasteiger partial charge in [-0.2, -0.15) is 0 Å². The highest BCUT2D eigenvalue weighted by Crippen LogP contribution is 2.16. The lowest BCUT2D eigenvalue weighted by atomic mass is 10.1. The third-order valence-corrected chi connectivity index (χ3v) is 4.32. The van der Waals surface area contributed by atoms with Crippen molar-refractivity contribution in [2.24, 2.45) is 0 Å². The molecule has 1 aromatic carbocycles. The summed E-state index contributed by atoms with van der Waals surface area (Å²) in [6.45, 7) is 7.15. The maximum Gasteiger partial charge on any atom is 0.240 e. The Bertz CT molecular complexity index is 472. The average Bonchev–Trinajstić information content (AvgIpc) is 2.29. The van der Waals surface area contributed by atoms with Crippen LogP contribution in [0.25, 0.3) is 0 Å². The van der Waals surface area contributed by atoms with E-state index in [1.807, 2.05) is 19.1 Å². The SMILES string of the molecule is CCNC(C)Cc1ccccc1S(=O)(=O)NCC. The molecule has 5 heteroatoms.